The zero-order chi connectivity index (χ0) is 20.6. The van der Waals surface area contributed by atoms with Crippen LogP contribution in [0.5, 0.6) is 0 Å². The van der Waals surface area contributed by atoms with Crippen LogP contribution in [-0.4, -0.2) is 30.3 Å². The van der Waals surface area contributed by atoms with E-state index < -0.39 is 0 Å². The largest absolute Gasteiger partial charge is 0.495 e. The summed E-state index contributed by atoms with van der Waals surface area (Å²) in [6.45, 7) is 5.61. The Hall–Kier alpha value is -1.44. The molecule has 1 aliphatic rings. The lowest BCUT2D eigenvalue weighted by molar-refractivity contribution is 0.0343. The monoisotopic (exact) mass is 492 g/mol. The number of hydrogen-bond acceptors (Lipinski definition) is 2. The van der Waals surface area contributed by atoms with Crippen LogP contribution in [0.1, 0.15) is 13.8 Å². The molecule has 8 heteroatoms. The van der Waals surface area contributed by atoms with E-state index in [0.717, 1.165) is 31.4 Å². The number of aromatic amines is 2. The number of halogens is 3. The predicted molar refractivity (Wildman–Crippen MR) is 125 cm³/mol. The molecule has 29 heavy (non-hydrogen) atoms. The van der Waals surface area contributed by atoms with Crippen molar-refractivity contribution >= 4 is 73.5 Å². The summed E-state index contributed by atoms with van der Waals surface area (Å²) in [5.41, 5.74) is 3.07. The van der Waals surface area contributed by atoms with Crippen LogP contribution < -0.4 is 5.46 Å². The van der Waals surface area contributed by atoms with E-state index in [-0.39, 0.29) is 12.5 Å². The van der Waals surface area contributed by atoms with Crippen molar-refractivity contribution in [2.24, 2.45) is 5.41 Å². The van der Waals surface area contributed by atoms with E-state index in [1.54, 1.807) is 0 Å². The number of fused-ring (bicyclic) bond motifs is 2. The summed E-state index contributed by atoms with van der Waals surface area (Å²) in [7, 11) is -0.357. The summed E-state index contributed by atoms with van der Waals surface area (Å²) < 4.78 is 12.5. The molecule has 2 N–H and O–H groups in total. The van der Waals surface area contributed by atoms with Crippen molar-refractivity contribution in [3.05, 3.63) is 63.3 Å². The molecule has 4 nitrogen and oxygen atoms in total. The SMILES string of the molecule is CC1(C)COB(c2cc3cc[nH]c3cc2Cl)OC1.Clc1cc2[nH]ccc2cc1Br. The maximum absolute atomic E-state index is 6.28. The molecule has 0 spiro atoms. The van der Waals surface area contributed by atoms with Gasteiger partial charge in [-0.05, 0) is 51.6 Å². The highest BCUT2D eigenvalue weighted by atomic mass is 79.9. The Labute approximate surface area is 188 Å². The molecule has 0 aliphatic carbocycles. The quantitative estimate of drug-likeness (QED) is 0.311. The summed E-state index contributed by atoms with van der Waals surface area (Å²) in [6.07, 6.45) is 3.80. The topological polar surface area (TPSA) is 50.0 Å². The van der Waals surface area contributed by atoms with Gasteiger partial charge in [0, 0.05) is 62.4 Å². The first kappa shape index (κ1) is 20.8. The second kappa shape index (κ2) is 8.36. The lowest BCUT2D eigenvalue weighted by Crippen LogP contribution is -2.47. The molecule has 1 saturated heterocycles. The molecule has 5 rings (SSSR count). The molecule has 0 amide bonds. The number of benzene rings is 2. The van der Waals surface area contributed by atoms with E-state index in [9.17, 15) is 0 Å². The van der Waals surface area contributed by atoms with Gasteiger partial charge in [-0.25, -0.2) is 0 Å². The maximum Gasteiger partial charge on any atom is 0.495 e. The van der Waals surface area contributed by atoms with Crippen LogP contribution in [0.15, 0.2) is 53.3 Å². The number of H-pyrrole nitrogens is 2. The highest BCUT2D eigenvalue weighted by Crippen LogP contribution is 2.27. The van der Waals surface area contributed by atoms with Crippen molar-refractivity contribution in [3.63, 3.8) is 0 Å². The predicted octanol–water partition coefficient (Wildman–Crippen LogP) is 6.17. The van der Waals surface area contributed by atoms with Gasteiger partial charge in [-0.1, -0.05) is 43.1 Å². The molecule has 1 aliphatic heterocycles. The fraction of sp³-hybridized carbons (Fsp3) is 0.238. The molecule has 1 fully saturated rings. The van der Waals surface area contributed by atoms with E-state index in [0.29, 0.717) is 18.2 Å². The van der Waals surface area contributed by atoms with Gasteiger partial charge in [-0.15, -0.1) is 0 Å². The van der Waals surface area contributed by atoms with Gasteiger partial charge in [0.15, 0.2) is 0 Å². The molecule has 0 radical (unpaired) electrons. The van der Waals surface area contributed by atoms with Gasteiger partial charge in [-0.2, -0.15) is 0 Å². The first-order valence-corrected chi connectivity index (χ1v) is 10.8. The van der Waals surface area contributed by atoms with E-state index in [1.807, 2.05) is 48.8 Å². The Morgan fingerprint density at radius 2 is 1.45 bits per heavy atom. The van der Waals surface area contributed by atoms with Gasteiger partial charge in [-0.3, -0.25) is 0 Å². The molecule has 2 aromatic heterocycles. The lowest BCUT2D eigenvalue weighted by atomic mass is 9.75. The van der Waals surface area contributed by atoms with E-state index in [1.165, 1.54) is 5.39 Å². The van der Waals surface area contributed by atoms with Crippen molar-refractivity contribution in [3.8, 4) is 0 Å². The molecule has 2 aromatic carbocycles. The van der Waals surface area contributed by atoms with E-state index in [2.05, 4.69) is 39.7 Å². The lowest BCUT2D eigenvalue weighted by Gasteiger charge is -2.33. The molecular formula is C21H20BBrCl2N2O2. The number of nitrogens with one attached hydrogen (secondary N) is 2. The Kier molecular flexibility index (Phi) is 6.00. The third kappa shape index (κ3) is 4.67. The normalized spacial score (nSPS) is 16.1. The van der Waals surface area contributed by atoms with Crippen LogP contribution in [-0.2, 0) is 9.31 Å². The Bertz CT molecular complexity index is 1110. The van der Waals surface area contributed by atoms with Crippen molar-refractivity contribution in [2.75, 3.05) is 13.2 Å². The van der Waals surface area contributed by atoms with Crippen molar-refractivity contribution in [2.45, 2.75) is 13.8 Å². The molecular weight excluding hydrogens is 474 g/mol. The van der Waals surface area contributed by atoms with Crippen molar-refractivity contribution in [1.82, 2.24) is 9.97 Å². The minimum absolute atomic E-state index is 0.0706. The van der Waals surface area contributed by atoms with Crippen LogP contribution in [0.25, 0.3) is 21.8 Å². The van der Waals surface area contributed by atoms with Crippen molar-refractivity contribution < 1.29 is 9.31 Å². The molecule has 0 atom stereocenters. The highest BCUT2D eigenvalue weighted by Gasteiger charge is 2.34. The van der Waals surface area contributed by atoms with Gasteiger partial charge < -0.3 is 19.3 Å². The zero-order valence-electron chi connectivity index (χ0n) is 16.1. The third-order valence-electron chi connectivity index (χ3n) is 4.77. The van der Waals surface area contributed by atoms with E-state index in [4.69, 9.17) is 32.5 Å². The second-order valence-electron chi connectivity index (χ2n) is 7.89. The van der Waals surface area contributed by atoms with Gasteiger partial charge in [0.05, 0.1) is 5.02 Å². The molecule has 0 unspecified atom stereocenters. The first-order chi connectivity index (χ1) is 13.8. The summed E-state index contributed by atoms with van der Waals surface area (Å²) in [5, 5.41) is 3.70. The Morgan fingerprint density at radius 3 is 2.07 bits per heavy atom. The number of aromatic nitrogens is 2. The number of rotatable bonds is 1. The summed E-state index contributed by atoms with van der Waals surface area (Å²) in [5.74, 6) is 0. The molecule has 150 valence electrons. The van der Waals surface area contributed by atoms with Gasteiger partial charge in [0.25, 0.3) is 0 Å². The number of hydrogen-bond donors (Lipinski definition) is 2. The average molecular weight is 494 g/mol. The second-order valence-corrected chi connectivity index (χ2v) is 9.56. The van der Waals surface area contributed by atoms with Crippen LogP contribution in [0.4, 0.5) is 0 Å². The fourth-order valence-corrected chi connectivity index (χ4v) is 3.97. The van der Waals surface area contributed by atoms with Crippen LogP contribution in [0.2, 0.25) is 10.0 Å². The maximum atomic E-state index is 6.28. The molecule has 0 saturated carbocycles. The van der Waals surface area contributed by atoms with Crippen LogP contribution in [0.3, 0.4) is 0 Å². The third-order valence-corrected chi connectivity index (χ3v) is 6.29. The minimum atomic E-state index is -0.357. The smallest absolute Gasteiger partial charge is 0.407 e. The zero-order valence-corrected chi connectivity index (χ0v) is 19.2. The van der Waals surface area contributed by atoms with Gasteiger partial charge in [0.2, 0.25) is 0 Å². The molecule has 4 aromatic rings. The summed E-state index contributed by atoms with van der Waals surface area (Å²) in [4.78, 5) is 6.22. The standard InChI is InChI=1S/C13H15BClNO2.C8H5BrClN/c1-13(2)7-17-14(18-8-13)10-5-9-3-4-16-12(9)6-11(10)15;9-6-3-5-1-2-11-8(5)4-7(6)10/h3-6,16H,7-8H2,1-2H3;1-4,11H. The van der Waals surface area contributed by atoms with Gasteiger partial charge in [0.1, 0.15) is 0 Å². The Morgan fingerprint density at radius 1 is 0.897 bits per heavy atom. The van der Waals surface area contributed by atoms with E-state index >= 15 is 0 Å². The van der Waals surface area contributed by atoms with Gasteiger partial charge >= 0.3 is 7.12 Å². The first-order valence-electron chi connectivity index (χ1n) is 9.24. The van der Waals surface area contributed by atoms with Crippen molar-refractivity contribution in [1.29, 1.82) is 0 Å². The Balaban J connectivity index is 0.000000159. The fourth-order valence-electron chi connectivity index (χ4n) is 3.19. The minimum Gasteiger partial charge on any atom is -0.407 e. The van der Waals surface area contributed by atoms with Crippen LogP contribution in [0, 0.1) is 5.41 Å². The summed E-state index contributed by atoms with van der Waals surface area (Å²) >= 11 is 15.5. The highest BCUT2D eigenvalue weighted by molar-refractivity contribution is 9.10. The molecule has 0 bridgehead atoms. The molecule has 3 heterocycles. The summed E-state index contributed by atoms with van der Waals surface area (Å²) in [6, 6.07) is 11.9. The van der Waals surface area contributed by atoms with Crippen LogP contribution >= 0.6 is 39.1 Å². The average Bonchev–Trinajstić information content (AvgIpc) is 3.31.